The summed E-state index contributed by atoms with van der Waals surface area (Å²) in [6.07, 6.45) is -3.97. The third-order valence-corrected chi connectivity index (χ3v) is 3.63. The fourth-order valence-corrected chi connectivity index (χ4v) is 2.31. The molecule has 9 nitrogen and oxygen atoms in total. The van der Waals surface area contributed by atoms with E-state index in [1.165, 1.54) is 24.3 Å². The van der Waals surface area contributed by atoms with Crippen LogP contribution in [0.25, 0.3) is 0 Å². The molecule has 0 fully saturated rings. The van der Waals surface area contributed by atoms with E-state index in [0.717, 1.165) is 18.2 Å². The standard InChI is InChI=1S/C16H12F4N4O5S/c17-14(18)16(19,20)8-29-13-6-10(5-12(7-13)24(27)28)22-15(30)21-9-2-1-3-11(4-9)23(25)26/h1-7,14H,8H2,(H2,21,22,30). The van der Waals surface area contributed by atoms with Crippen LogP contribution in [-0.2, 0) is 0 Å². The Kier molecular flexibility index (Phi) is 7.05. The third-order valence-electron chi connectivity index (χ3n) is 3.43. The molecule has 160 valence electrons. The molecule has 0 aliphatic carbocycles. The summed E-state index contributed by atoms with van der Waals surface area (Å²) in [6, 6.07) is 8.11. The smallest absolute Gasteiger partial charge is 0.340 e. The van der Waals surface area contributed by atoms with E-state index in [9.17, 15) is 37.8 Å². The number of halogens is 4. The lowest BCUT2D eigenvalue weighted by molar-refractivity contribution is -0.385. The van der Waals surface area contributed by atoms with Crippen LogP contribution < -0.4 is 15.4 Å². The van der Waals surface area contributed by atoms with Gasteiger partial charge in [-0.05, 0) is 18.3 Å². The van der Waals surface area contributed by atoms with E-state index in [4.69, 9.17) is 12.2 Å². The highest BCUT2D eigenvalue weighted by atomic mass is 32.1. The van der Waals surface area contributed by atoms with Gasteiger partial charge in [-0.2, -0.15) is 8.78 Å². The van der Waals surface area contributed by atoms with Gasteiger partial charge in [-0.3, -0.25) is 20.2 Å². The van der Waals surface area contributed by atoms with E-state index in [1.54, 1.807) is 0 Å². The molecule has 0 aliphatic rings. The number of ether oxygens (including phenoxy) is 1. The summed E-state index contributed by atoms with van der Waals surface area (Å²) in [5.74, 6) is -4.91. The number of non-ortho nitro benzene ring substituents is 2. The molecule has 0 aromatic heterocycles. The van der Waals surface area contributed by atoms with Crippen molar-refractivity contribution in [3.8, 4) is 5.75 Å². The average Bonchev–Trinajstić information content (AvgIpc) is 2.66. The van der Waals surface area contributed by atoms with Crippen LogP contribution >= 0.6 is 12.2 Å². The minimum absolute atomic E-state index is 0.0671. The molecular formula is C16H12F4N4O5S. The van der Waals surface area contributed by atoms with Crippen LogP contribution in [0.5, 0.6) is 5.75 Å². The van der Waals surface area contributed by atoms with Crippen LogP contribution in [0.3, 0.4) is 0 Å². The lowest BCUT2D eigenvalue weighted by atomic mass is 10.2. The van der Waals surface area contributed by atoms with E-state index < -0.39 is 40.2 Å². The molecule has 0 radical (unpaired) electrons. The summed E-state index contributed by atoms with van der Waals surface area (Å²) in [4.78, 5) is 20.4. The van der Waals surface area contributed by atoms with Gasteiger partial charge in [-0.15, -0.1) is 0 Å². The monoisotopic (exact) mass is 448 g/mol. The number of anilines is 2. The summed E-state index contributed by atoms with van der Waals surface area (Å²) in [5.41, 5.74) is -0.620. The van der Waals surface area contributed by atoms with Crippen molar-refractivity contribution in [2.45, 2.75) is 12.3 Å². The second-order valence-electron chi connectivity index (χ2n) is 5.71. The van der Waals surface area contributed by atoms with E-state index in [2.05, 4.69) is 15.4 Å². The van der Waals surface area contributed by atoms with Crippen LogP contribution in [0.2, 0.25) is 0 Å². The maximum Gasteiger partial charge on any atom is 0.340 e. The molecule has 0 heterocycles. The highest BCUT2D eigenvalue weighted by Crippen LogP contribution is 2.29. The Morgan fingerprint density at radius 3 is 2.23 bits per heavy atom. The molecule has 14 heteroatoms. The Morgan fingerprint density at radius 2 is 1.63 bits per heavy atom. The van der Waals surface area contributed by atoms with Crippen LogP contribution in [-0.4, -0.2) is 33.9 Å². The van der Waals surface area contributed by atoms with Gasteiger partial charge in [0.15, 0.2) is 11.7 Å². The number of hydrogen-bond donors (Lipinski definition) is 2. The van der Waals surface area contributed by atoms with Gasteiger partial charge in [0, 0.05) is 30.0 Å². The van der Waals surface area contributed by atoms with Crippen LogP contribution in [0.15, 0.2) is 42.5 Å². The number of nitrogens with zero attached hydrogens (tertiary/aromatic N) is 2. The maximum absolute atomic E-state index is 13.0. The first-order valence-electron chi connectivity index (χ1n) is 7.88. The van der Waals surface area contributed by atoms with E-state index in [1.807, 2.05) is 0 Å². The lowest BCUT2D eigenvalue weighted by Gasteiger charge is -2.16. The molecule has 0 bridgehead atoms. The molecular weight excluding hydrogens is 436 g/mol. The molecule has 0 unspecified atom stereocenters. The number of hydrogen-bond acceptors (Lipinski definition) is 6. The number of nitro benzene ring substituents is 2. The number of rotatable bonds is 8. The quantitative estimate of drug-likeness (QED) is 0.260. The van der Waals surface area contributed by atoms with Crippen molar-refractivity contribution in [2.24, 2.45) is 0 Å². The number of alkyl halides is 4. The van der Waals surface area contributed by atoms with Crippen LogP contribution in [0, 0.1) is 20.2 Å². The zero-order valence-electron chi connectivity index (χ0n) is 14.7. The molecule has 2 aromatic carbocycles. The fraction of sp³-hybridized carbons (Fsp3) is 0.188. The van der Waals surface area contributed by atoms with Gasteiger partial charge in [0.1, 0.15) is 5.75 Å². The lowest BCUT2D eigenvalue weighted by Crippen LogP contribution is -2.33. The Labute approximate surface area is 170 Å². The van der Waals surface area contributed by atoms with Gasteiger partial charge >= 0.3 is 12.3 Å². The van der Waals surface area contributed by atoms with Crippen molar-refractivity contribution < 1.29 is 32.1 Å². The van der Waals surface area contributed by atoms with Crippen molar-refractivity contribution in [1.82, 2.24) is 0 Å². The van der Waals surface area contributed by atoms with E-state index in [-0.39, 0.29) is 22.2 Å². The minimum Gasteiger partial charge on any atom is -0.487 e. The fourth-order valence-electron chi connectivity index (χ4n) is 2.08. The molecule has 2 rings (SSSR count). The second-order valence-corrected chi connectivity index (χ2v) is 6.12. The largest absolute Gasteiger partial charge is 0.487 e. The molecule has 0 aliphatic heterocycles. The number of thiocarbonyl (C=S) groups is 1. The van der Waals surface area contributed by atoms with E-state index in [0.29, 0.717) is 0 Å². The molecule has 2 aromatic rings. The van der Waals surface area contributed by atoms with Crippen molar-refractivity contribution in [3.63, 3.8) is 0 Å². The summed E-state index contributed by atoms with van der Waals surface area (Å²) in [7, 11) is 0. The first kappa shape index (κ1) is 22.7. The van der Waals surface area contributed by atoms with Gasteiger partial charge in [-0.1, -0.05) is 6.07 Å². The first-order chi connectivity index (χ1) is 14.0. The molecule has 0 saturated heterocycles. The summed E-state index contributed by atoms with van der Waals surface area (Å²) in [6.45, 7) is -1.69. The van der Waals surface area contributed by atoms with Crippen LogP contribution in [0.4, 0.5) is 40.3 Å². The van der Waals surface area contributed by atoms with Gasteiger partial charge < -0.3 is 15.4 Å². The minimum atomic E-state index is -4.45. The summed E-state index contributed by atoms with van der Waals surface area (Å²) >= 11 is 5.02. The highest BCUT2D eigenvalue weighted by molar-refractivity contribution is 7.80. The third kappa shape index (κ3) is 6.23. The molecule has 0 saturated carbocycles. The molecule has 0 spiro atoms. The van der Waals surface area contributed by atoms with Crippen molar-refractivity contribution in [3.05, 3.63) is 62.7 Å². The van der Waals surface area contributed by atoms with Crippen molar-refractivity contribution in [1.29, 1.82) is 0 Å². The van der Waals surface area contributed by atoms with Gasteiger partial charge in [0.25, 0.3) is 11.4 Å². The molecule has 2 N–H and O–H groups in total. The van der Waals surface area contributed by atoms with E-state index >= 15 is 0 Å². The maximum atomic E-state index is 13.0. The topological polar surface area (TPSA) is 120 Å². The SMILES string of the molecule is O=[N+]([O-])c1cccc(NC(=S)Nc2cc(OCC(F)(F)C(F)F)cc([N+](=O)[O-])c2)c1. The second kappa shape index (κ2) is 9.30. The predicted octanol–water partition coefficient (Wildman–Crippen LogP) is 4.59. The number of nitrogens with one attached hydrogen (secondary N) is 2. The number of benzene rings is 2. The molecule has 0 amide bonds. The summed E-state index contributed by atoms with van der Waals surface area (Å²) < 4.78 is 55.1. The van der Waals surface area contributed by atoms with Crippen LogP contribution in [0.1, 0.15) is 0 Å². The number of nitro groups is 2. The van der Waals surface area contributed by atoms with Gasteiger partial charge in [-0.25, -0.2) is 8.78 Å². The normalized spacial score (nSPS) is 11.1. The van der Waals surface area contributed by atoms with Gasteiger partial charge in [0.2, 0.25) is 0 Å². The Morgan fingerprint density at radius 1 is 1.03 bits per heavy atom. The Balaban J connectivity index is 2.16. The predicted molar refractivity (Wildman–Crippen MR) is 102 cm³/mol. The average molecular weight is 448 g/mol. The zero-order valence-corrected chi connectivity index (χ0v) is 15.5. The first-order valence-corrected chi connectivity index (χ1v) is 8.29. The highest BCUT2D eigenvalue weighted by Gasteiger charge is 2.41. The Hall–Kier alpha value is -3.55. The van der Waals surface area contributed by atoms with Crippen molar-refractivity contribution >= 4 is 40.1 Å². The van der Waals surface area contributed by atoms with Gasteiger partial charge in [0.05, 0.1) is 21.6 Å². The molecule has 0 atom stereocenters. The summed E-state index contributed by atoms with van der Waals surface area (Å²) in [5, 5.41) is 26.8. The Bertz CT molecular complexity index is 976. The van der Waals surface area contributed by atoms with Crippen molar-refractivity contribution in [2.75, 3.05) is 17.2 Å². The zero-order chi connectivity index (χ0) is 22.5. The molecule has 30 heavy (non-hydrogen) atoms.